The summed E-state index contributed by atoms with van der Waals surface area (Å²) in [5.74, 6) is 0. The third-order valence-corrected chi connectivity index (χ3v) is 15.7. The van der Waals surface area contributed by atoms with E-state index in [4.69, 9.17) is 0 Å². The summed E-state index contributed by atoms with van der Waals surface area (Å²) in [7, 11) is -5.91. The Balaban J connectivity index is 0.00000194. The molecule has 0 bridgehead atoms. The summed E-state index contributed by atoms with van der Waals surface area (Å²) < 4.78 is 30.0. The van der Waals surface area contributed by atoms with Crippen molar-refractivity contribution < 1.29 is 37.7 Å². The van der Waals surface area contributed by atoms with E-state index in [-0.39, 0.29) is 17.9 Å². The SMILES string of the molecule is F.F.O=P(C1=C[CH]([Ti][CH]2C=CC(P(=O)(c3ccccc3)c3ccccc3)=C2)C=C1)(c1ccccc1)c1ccccc1. The third kappa shape index (κ3) is 5.94. The number of allylic oxidation sites excluding steroid dienone is 8. The summed E-state index contributed by atoms with van der Waals surface area (Å²) in [6, 6.07) is 39.4. The van der Waals surface area contributed by atoms with Crippen LogP contribution in [0.2, 0.25) is 8.45 Å². The van der Waals surface area contributed by atoms with Crippen LogP contribution in [0, 0.1) is 0 Å². The first kappa shape index (κ1) is 30.8. The van der Waals surface area contributed by atoms with Gasteiger partial charge in [0.2, 0.25) is 0 Å². The molecule has 0 saturated heterocycles. The van der Waals surface area contributed by atoms with Gasteiger partial charge in [0.1, 0.15) is 0 Å². The normalized spacial score (nSPS) is 17.7. The van der Waals surface area contributed by atoms with E-state index in [1.54, 1.807) is 0 Å². The molecule has 4 aromatic carbocycles. The van der Waals surface area contributed by atoms with Crippen LogP contribution in [0.25, 0.3) is 0 Å². The molecule has 2 atom stereocenters. The van der Waals surface area contributed by atoms with E-state index in [0.29, 0.717) is 0 Å². The number of benzene rings is 4. The Labute approximate surface area is 249 Å². The number of hydrogen-bond donors (Lipinski definition) is 0. The Morgan fingerprint density at radius 3 is 0.976 bits per heavy atom. The van der Waals surface area contributed by atoms with Crippen molar-refractivity contribution in [3.05, 3.63) is 168 Å². The van der Waals surface area contributed by atoms with Gasteiger partial charge >= 0.3 is 241 Å². The van der Waals surface area contributed by atoms with Crippen LogP contribution in [-0.4, -0.2) is 0 Å². The molecule has 7 heteroatoms. The van der Waals surface area contributed by atoms with E-state index in [1.165, 1.54) is 0 Å². The van der Waals surface area contributed by atoms with Gasteiger partial charge in [-0.3, -0.25) is 9.41 Å². The van der Waals surface area contributed by atoms with Crippen LogP contribution in [0.4, 0.5) is 9.41 Å². The molecule has 4 aromatic rings. The average Bonchev–Trinajstić information content (AvgIpc) is 3.69. The molecule has 0 N–H and O–H groups in total. The second kappa shape index (κ2) is 13.2. The van der Waals surface area contributed by atoms with Gasteiger partial charge in [0.05, 0.1) is 0 Å². The van der Waals surface area contributed by atoms with Crippen LogP contribution in [-0.2, 0) is 28.3 Å². The van der Waals surface area contributed by atoms with E-state index >= 15 is 0 Å². The predicted molar refractivity (Wildman–Crippen MR) is 166 cm³/mol. The van der Waals surface area contributed by atoms with Crippen molar-refractivity contribution in [2.45, 2.75) is 8.45 Å². The van der Waals surface area contributed by atoms with Gasteiger partial charge in [0.25, 0.3) is 0 Å². The van der Waals surface area contributed by atoms with Gasteiger partial charge in [-0.25, -0.2) is 0 Å². The van der Waals surface area contributed by atoms with Gasteiger partial charge in [-0.1, -0.05) is 0 Å². The van der Waals surface area contributed by atoms with Gasteiger partial charge in [-0.05, 0) is 0 Å². The molecular formula is C34H30F2O2P2Ti. The summed E-state index contributed by atoms with van der Waals surface area (Å²) in [5.41, 5.74) is 0. The van der Waals surface area contributed by atoms with Gasteiger partial charge in [-0.2, -0.15) is 0 Å². The zero-order valence-corrected chi connectivity index (χ0v) is 25.5. The van der Waals surface area contributed by atoms with Crippen molar-refractivity contribution in [3.63, 3.8) is 0 Å². The number of rotatable bonds is 8. The van der Waals surface area contributed by atoms with E-state index in [1.807, 2.05) is 121 Å². The molecule has 206 valence electrons. The van der Waals surface area contributed by atoms with Gasteiger partial charge in [-0.15, -0.1) is 0 Å². The first-order valence-corrected chi connectivity index (χ1v) is 18.3. The molecular weight excluding hydrogens is 588 g/mol. The third-order valence-electron chi connectivity index (χ3n) is 7.24. The second-order valence-electron chi connectivity index (χ2n) is 9.68. The summed E-state index contributed by atoms with van der Waals surface area (Å²) >= 11 is -0.549. The fraction of sp³-hybridized carbons (Fsp3) is 0.0588. The molecule has 0 spiro atoms. The molecule has 2 aliphatic rings. The molecule has 2 unspecified atom stereocenters. The Morgan fingerprint density at radius 2 is 0.707 bits per heavy atom. The summed E-state index contributed by atoms with van der Waals surface area (Å²) in [6.07, 6.45) is 13.1. The zero-order chi connectivity index (χ0) is 26.7. The van der Waals surface area contributed by atoms with E-state index in [9.17, 15) is 9.13 Å². The molecule has 0 aromatic heterocycles. The average molecular weight is 618 g/mol. The van der Waals surface area contributed by atoms with Crippen LogP contribution >= 0.6 is 14.3 Å². The zero-order valence-electron chi connectivity index (χ0n) is 22.2. The fourth-order valence-electron chi connectivity index (χ4n) is 5.29. The summed E-state index contributed by atoms with van der Waals surface area (Å²) in [6.45, 7) is 0. The summed E-state index contributed by atoms with van der Waals surface area (Å²) in [4.78, 5) is 0. The quantitative estimate of drug-likeness (QED) is 0.149. The first-order chi connectivity index (χ1) is 19.1. The van der Waals surface area contributed by atoms with E-state index < -0.39 is 33.4 Å². The monoisotopic (exact) mass is 618 g/mol. The van der Waals surface area contributed by atoms with Gasteiger partial charge in [0, 0.05) is 0 Å². The predicted octanol–water partition coefficient (Wildman–Crippen LogP) is 7.89. The summed E-state index contributed by atoms with van der Waals surface area (Å²) in [5, 5.41) is 5.28. The van der Waals surface area contributed by atoms with Crippen LogP contribution in [0.15, 0.2) is 168 Å². The van der Waals surface area contributed by atoms with Crippen molar-refractivity contribution in [1.29, 1.82) is 0 Å². The topological polar surface area (TPSA) is 34.1 Å². The Morgan fingerprint density at radius 1 is 0.439 bits per heavy atom. The minimum atomic E-state index is -2.96. The maximum atomic E-state index is 14.7. The van der Waals surface area contributed by atoms with Crippen molar-refractivity contribution in [2.75, 3.05) is 0 Å². The van der Waals surface area contributed by atoms with Crippen molar-refractivity contribution in [2.24, 2.45) is 0 Å². The van der Waals surface area contributed by atoms with E-state index in [2.05, 4.69) is 36.5 Å². The Hall–Kier alpha value is -3.13. The van der Waals surface area contributed by atoms with Crippen LogP contribution < -0.4 is 21.2 Å². The maximum absolute atomic E-state index is 14.7. The first-order valence-electron chi connectivity index (χ1n) is 13.1. The number of hydrogen-bond acceptors (Lipinski definition) is 2. The van der Waals surface area contributed by atoms with Crippen LogP contribution in [0.3, 0.4) is 0 Å². The van der Waals surface area contributed by atoms with Crippen molar-refractivity contribution >= 4 is 35.5 Å². The Bertz CT molecular complexity index is 1470. The second-order valence-corrected chi connectivity index (χ2v) is 17.8. The molecule has 0 radical (unpaired) electrons. The molecule has 0 fully saturated rings. The van der Waals surface area contributed by atoms with E-state index in [0.717, 1.165) is 31.8 Å². The van der Waals surface area contributed by atoms with Crippen LogP contribution in [0.1, 0.15) is 0 Å². The molecule has 0 aliphatic heterocycles. The van der Waals surface area contributed by atoms with Crippen LogP contribution in [0.5, 0.6) is 0 Å². The molecule has 0 saturated carbocycles. The molecule has 0 heterocycles. The minimum absolute atomic E-state index is 0. The molecule has 2 aliphatic carbocycles. The van der Waals surface area contributed by atoms with Crippen molar-refractivity contribution in [3.8, 4) is 0 Å². The molecule has 0 amide bonds. The molecule has 2 nitrogen and oxygen atoms in total. The molecule has 6 rings (SSSR count). The Kier molecular flexibility index (Phi) is 9.95. The van der Waals surface area contributed by atoms with Gasteiger partial charge in [0.15, 0.2) is 0 Å². The number of halogens is 2. The van der Waals surface area contributed by atoms with Crippen molar-refractivity contribution in [1.82, 2.24) is 0 Å². The molecule has 41 heavy (non-hydrogen) atoms. The van der Waals surface area contributed by atoms with Gasteiger partial charge < -0.3 is 0 Å². The standard InChI is InChI=1S/2C17H14OP.2FH.Ti/c2*18-19(17-13-7-8-14-17,15-9-3-1-4-10-15)16-11-5-2-6-12-16;;;/h2*1-14H;2*1H;. The fourth-order valence-corrected chi connectivity index (χ4v) is 13.4.